The maximum absolute atomic E-state index is 9.48. The highest BCUT2D eigenvalue weighted by Gasteiger charge is 2.30. The quantitative estimate of drug-likeness (QED) is 0.941. The molecule has 1 N–H and O–H groups in total. The van der Waals surface area contributed by atoms with Crippen LogP contribution in [0.5, 0.6) is 17.2 Å². The second-order valence-corrected chi connectivity index (χ2v) is 5.99. The van der Waals surface area contributed by atoms with Crippen LogP contribution in [0.3, 0.4) is 0 Å². The van der Waals surface area contributed by atoms with Crippen LogP contribution in [0.25, 0.3) is 0 Å². The van der Waals surface area contributed by atoms with Crippen LogP contribution in [-0.2, 0) is 12.8 Å². The van der Waals surface area contributed by atoms with Gasteiger partial charge < -0.3 is 14.6 Å². The number of benzene rings is 2. The Kier molecular flexibility index (Phi) is 4.44. The Bertz CT molecular complexity index is 682. The molecule has 0 fully saturated rings. The first-order chi connectivity index (χ1) is 11.1. The first-order valence-electron chi connectivity index (χ1n) is 7.86. The SMILES string of the molecule is COc1ccc2c(c1OC)[C@@H](Cc1ccc(O)cc1)N(C)CC2. The predicted molar refractivity (Wildman–Crippen MR) is 90.4 cm³/mol. The van der Waals surface area contributed by atoms with Crippen molar-refractivity contribution in [2.75, 3.05) is 27.8 Å². The summed E-state index contributed by atoms with van der Waals surface area (Å²) in [7, 11) is 5.52. The van der Waals surface area contributed by atoms with E-state index in [2.05, 4.69) is 18.0 Å². The molecule has 122 valence electrons. The summed E-state index contributed by atoms with van der Waals surface area (Å²) >= 11 is 0. The third-order valence-electron chi connectivity index (χ3n) is 4.64. The Morgan fingerprint density at radius 3 is 2.48 bits per heavy atom. The molecular formula is C19H23NO3. The second kappa shape index (κ2) is 6.50. The molecule has 0 radical (unpaired) electrons. The molecule has 1 atom stereocenters. The van der Waals surface area contributed by atoms with Crippen LogP contribution < -0.4 is 9.47 Å². The summed E-state index contributed by atoms with van der Waals surface area (Å²) < 4.78 is 11.2. The number of rotatable bonds is 4. The molecule has 1 aliphatic heterocycles. The molecular weight excluding hydrogens is 290 g/mol. The van der Waals surface area contributed by atoms with Gasteiger partial charge in [-0.25, -0.2) is 0 Å². The molecule has 1 aliphatic rings. The first-order valence-corrected chi connectivity index (χ1v) is 7.86. The fraction of sp³-hybridized carbons (Fsp3) is 0.368. The molecule has 2 aromatic rings. The summed E-state index contributed by atoms with van der Waals surface area (Å²) in [6, 6.07) is 11.8. The van der Waals surface area contributed by atoms with Crippen LogP contribution in [0.2, 0.25) is 0 Å². The van der Waals surface area contributed by atoms with Gasteiger partial charge in [0.25, 0.3) is 0 Å². The summed E-state index contributed by atoms with van der Waals surface area (Å²) in [4.78, 5) is 2.36. The molecule has 0 aliphatic carbocycles. The van der Waals surface area contributed by atoms with Crippen LogP contribution in [0, 0.1) is 0 Å². The fourth-order valence-corrected chi connectivity index (χ4v) is 3.36. The van der Waals surface area contributed by atoms with Gasteiger partial charge in [-0.3, -0.25) is 4.90 Å². The van der Waals surface area contributed by atoms with Crippen LogP contribution in [0.4, 0.5) is 0 Å². The average Bonchev–Trinajstić information content (AvgIpc) is 2.58. The molecule has 4 nitrogen and oxygen atoms in total. The molecule has 0 amide bonds. The number of aromatic hydroxyl groups is 1. The summed E-state index contributed by atoms with van der Waals surface area (Å²) in [5, 5.41) is 9.48. The van der Waals surface area contributed by atoms with Gasteiger partial charge in [0.05, 0.1) is 14.2 Å². The Morgan fingerprint density at radius 2 is 1.83 bits per heavy atom. The van der Waals surface area contributed by atoms with E-state index >= 15 is 0 Å². The van der Waals surface area contributed by atoms with Crippen LogP contribution in [0.15, 0.2) is 36.4 Å². The molecule has 3 rings (SSSR count). The Hall–Kier alpha value is -2.20. The summed E-state index contributed by atoms with van der Waals surface area (Å²) in [6.07, 6.45) is 1.88. The van der Waals surface area contributed by atoms with Gasteiger partial charge in [0.1, 0.15) is 5.75 Å². The standard InChI is InChI=1S/C19H23NO3/c1-20-11-10-14-6-9-17(22-2)19(23-3)18(14)16(20)12-13-4-7-15(21)8-5-13/h4-9,16,21H,10-12H2,1-3H3/t16-/m1/s1. The minimum absolute atomic E-state index is 0.230. The van der Waals surface area contributed by atoms with Gasteiger partial charge in [0, 0.05) is 18.2 Å². The third-order valence-corrected chi connectivity index (χ3v) is 4.64. The number of fused-ring (bicyclic) bond motifs is 1. The summed E-state index contributed by atoms with van der Waals surface area (Å²) in [6.45, 7) is 1.02. The molecule has 0 saturated carbocycles. The highest BCUT2D eigenvalue weighted by atomic mass is 16.5. The number of phenols is 1. The zero-order valence-corrected chi connectivity index (χ0v) is 13.9. The zero-order valence-electron chi connectivity index (χ0n) is 13.9. The lowest BCUT2D eigenvalue weighted by molar-refractivity contribution is 0.220. The minimum Gasteiger partial charge on any atom is -0.508 e. The molecule has 1 heterocycles. The number of ether oxygens (including phenoxy) is 2. The number of nitrogens with zero attached hydrogens (tertiary/aromatic N) is 1. The van der Waals surface area contributed by atoms with Crippen molar-refractivity contribution in [3.8, 4) is 17.2 Å². The minimum atomic E-state index is 0.230. The molecule has 0 unspecified atom stereocenters. The van der Waals surface area contributed by atoms with E-state index in [0.29, 0.717) is 5.75 Å². The number of methoxy groups -OCH3 is 2. The molecule has 2 aromatic carbocycles. The number of phenolic OH excluding ortho intramolecular Hbond substituents is 1. The fourth-order valence-electron chi connectivity index (χ4n) is 3.36. The van der Waals surface area contributed by atoms with Gasteiger partial charge in [0.2, 0.25) is 0 Å². The summed E-state index contributed by atoms with van der Waals surface area (Å²) in [5.41, 5.74) is 3.73. The van der Waals surface area contributed by atoms with Crippen molar-refractivity contribution in [2.45, 2.75) is 18.9 Å². The van der Waals surface area contributed by atoms with Crippen molar-refractivity contribution >= 4 is 0 Å². The zero-order chi connectivity index (χ0) is 16.4. The van der Waals surface area contributed by atoms with E-state index in [1.54, 1.807) is 26.4 Å². The normalized spacial score (nSPS) is 17.6. The maximum atomic E-state index is 9.48. The van der Waals surface area contributed by atoms with Crippen molar-refractivity contribution < 1.29 is 14.6 Å². The maximum Gasteiger partial charge on any atom is 0.165 e. The van der Waals surface area contributed by atoms with Gasteiger partial charge in [-0.05, 0) is 49.2 Å². The third kappa shape index (κ3) is 2.99. The Balaban J connectivity index is 2.02. The molecule has 23 heavy (non-hydrogen) atoms. The molecule has 0 bridgehead atoms. The largest absolute Gasteiger partial charge is 0.508 e. The van der Waals surface area contributed by atoms with Gasteiger partial charge in [-0.1, -0.05) is 18.2 Å². The van der Waals surface area contributed by atoms with E-state index in [9.17, 15) is 5.11 Å². The molecule has 0 spiro atoms. The second-order valence-electron chi connectivity index (χ2n) is 5.99. The van der Waals surface area contributed by atoms with Crippen LogP contribution >= 0.6 is 0 Å². The van der Waals surface area contributed by atoms with E-state index < -0.39 is 0 Å². The van der Waals surface area contributed by atoms with Crippen molar-refractivity contribution in [3.05, 3.63) is 53.1 Å². The van der Waals surface area contributed by atoms with Crippen LogP contribution in [-0.4, -0.2) is 37.8 Å². The van der Waals surface area contributed by atoms with Gasteiger partial charge in [-0.2, -0.15) is 0 Å². The van der Waals surface area contributed by atoms with Crippen LogP contribution in [0.1, 0.15) is 22.7 Å². The van der Waals surface area contributed by atoms with E-state index in [-0.39, 0.29) is 6.04 Å². The number of hydrogen-bond donors (Lipinski definition) is 1. The predicted octanol–water partition coefficient (Wildman–Crippen LogP) is 3.18. The molecule has 4 heteroatoms. The van der Waals surface area contributed by atoms with E-state index in [0.717, 1.165) is 30.9 Å². The van der Waals surface area contributed by atoms with Crippen molar-refractivity contribution in [1.82, 2.24) is 4.90 Å². The average molecular weight is 313 g/mol. The van der Waals surface area contributed by atoms with Gasteiger partial charge in [-0.15, -0.1) is 0 Å². The van der Waals surface area contributed by atoms with Gasteiger partial charge >= 0.3 is 0 Å². The molecule has 0 aromatic heterocycles. The van der Waals surface area contributed by atoms with Crippen molar-refractivity contribution in [1.29, 1.82) is 0 Å². The lowest BCUT2D eigenvalue weighted by Crippen LogP contribution is -2.33. The van der Waals surface area contributed by atoms with E-state index in [4.69, 9.17) is 9.47 Å². The Morgan fingerprint density at radius 1 is 1.09 bits per heavy atom. The van der Waals surface area contributed by atoms with E-state index in [1.807, 2.05) is 18.2 Å². The van der Waals surface area contributed by atoms with Gasteiger partial charge in [0.15, 0.2) is 11.5 Å². The summed E-state index contributed by atoms with van der Waals surface area (Å²) in [5.74, 6) is 1.91. The number of likely N-dealkylation sites (N-methyl/N-ethyl adjacent to an activating group) is 1. The lowest BCUT2D eigenvalue weighted by atomic mass is 9.88. The van der Waals surface area contributed by atoms with Crippen molar-refractivity contribution in [3.63, 3.8) is 0 Å². The monoisotopic (exact) mass is 313 g/mol. The smallest absolute Gasteiger partial charge is 0.165 e. The number of hydrogen-bond acceptors (Lipinski definition) is 4. The highest BCUT2D eigenvalue weighted by molar-refractivity contribution is 5.53. The first kappa shape index (κ1) is 15.7. The lowest BCUT2D eigenvalue weighted by Gasteiger charge is -2.36. The van der Waals surface area contributed by atoms with Crippen molar-refractivity contribution in [2.24, 2.45) is 0 Å². The highest BCUT2D eigenvalue weighted by Crippen LogP contribution is 2.42. The topological polar surface area (TPSA) is 41.9 Å². The molecule has 0 saturated heterocycles. The Labute approximate surface area is 137 Å². The van der Waals surface area contributed by atoms with E-state index in [1.165, 1.54) is 16.7 Å².